The minimum Gasteiger partial charge on any atom is -0.492 e. The third-order valence-electron chi connectivity index (χ3n) is 5.90. The van der Waals surface area contributed by atoms with Crippen molar-refractivity contribution in [2.24, 2.45) is 0 Å². The van der Waals surface area contributed by atoms with Gasteiger partial charge in [-0.2, -0.15) is 0 Å². The molecule has 0 amide bonds. The van der Waals surface area contributed by atoms with Gasteiger partial charge in [-0.15, -0.1) is 0 Å². The van der Waals surface area contributed by atoms with Gasteiger partial charge in [0, 0.05) is 27.7 Å². The second-order valence-electron chi connectivity index (χ2n) is 9.49. The van der Waals surface area contributed by atoms with Crippen LogP contribution in [-0.2, 0) is 15.0 Å². The maximum absolute atomic E-state index is 12.4. The number of rotatable bonds is 14. The second kappa shape index (κ2) is 14.5. The molecule has 0 spiro atoms. The van der Waals surface area contributed by atoms with Crippen LogP contribution in [0.15, 0.2) is 36.4 Å². The Kier molecular flexibility index (Phi) is 12.0. The van der Waals surface area contributed by atoms with E-state index in [1.807, 2.05) is 27.7 Å². The molecule has 0 aromatic heterocycles. The van der Waals surface area contributed by atoms with Crippen molar-refractivity contribution < 1.29 is 38.0 Å². The lowest BCUT2D eigenvalue weighted by molar-refractivity contribution is -0.131. The van der Waals surface area contributed by atoms with Gasteiger partial charge < -0.3 is 28.4 Å². The SMILES string of the molecule is C=C(C)C(=O)Oc1c(OCC)cc(C(C)(C)c2cc(OCC)c(OC(=O)C(=C)C)c(Cl)c2OCC)c(OCC)c1Cl. The van der Waals surface area contributed by atoms with Crippen LogP contribution in [0.2, 0.25) is 10.0 Å². The Balaban J connectivity index is 2.96. The number of hydrogen-bond donors (Lipinski definition) is 0. The Morgan fingerprint density at radius 2 is 0.976 bits per heavy atom. The first-order valence-electron chi connectivity index (χ1n) is 13.3. The van der Waals surface area contributed by atoms with E-state index in [0.29, 0.717) is 11.1 Å². The van der Waals surface area contributed by atoms with Gasteiger partial charge in [-0.1, -0.05) is 50.2 Å². The quantitative estimate of drug-likeness (QED) is 0.121. The van der Waals surface area contributed by atoms with Crippen LogP contribution in [0.4, 0.5) is 0 Å². The van der Waals surface area contributed by atoms with Crippen molar-refractivity contribution in [1.82, 2.24) is 0 Å². The summed E-state index contributed by atoms with van der Waals surface area (Å²) in [6.07, 6.45) is 0. The maximum atomic E-state index is 12.4. The van der Waals surface area contributed by atoms with E-state index in [2.05, 4.69) is 13.2 Å². The van der Waals surface area contributed by atoms with Crippen LogP contribution in [0.3, 0.4) is 0 Å². The molecule has 2 rings (SSSR count). The highest BCUT2D eigenvalue weighted by molar-refractivity contribution is 6.34. The Labute approximate surface area is 252 Å². The fraction of sp³-hybridized carbons (Fsp3) is 0.419. The molecule has 41 heavy (non-hydrogen) atoms. The molecule has 0 N–H and O–H groups in total. The van der Waals surface area contributed by atoms with Gasteiger partial charge in [-0.3, -0.25) is 0 Å². The zero-order chi connectivity index (χ0) is 31.1. The first-order chi connectivity index (χ1) is 19.3. The average Bonchev–Trinajstić information content (AvgIpc) is 2.90. The highest BCUT2D eigenvalue weighted by Gasteiger charge is 2.37. The lowest BCUT2D eigenvalue weighted by Gasteiger charge is -2.32. The summed E-state index contributed by atoms with van der Waals surface area (Å²) in [6, 6.07) is 3.42. The van der Waals surface area contributed by atoms with Gasteiger partial charge in [0.1, 0.15) is 21.5 Å². The summed E-state index contributed by atoms with van der Waals surface area (Å²) in [4.78, 5) is 24.9. The van der Waals surface area contributed by atoms with Crippen molar-refractivity contribution in [3.63, 3.8) is 0 Å². The second-order valence-corrected chi connectivity index (χ2v) is 10.2. The van der Waals surface area contributed by atoms with E-state index in [4.69, 9.17) is 51.6 Å². The van der Waals surface area contributed by atoms with E-state index >= 15 is 0 Å². The van der Waals surface area contributed by atoms with Crippen LogP contribution in [0.5, 0.6) is 34.5 Å². The molecule has 0 aliphatic heterocycles. The normalized spacial score (nSPS) is 11.0. The van der Waals surface area contributed by atoms with Crippen LogP contribution in [0, 0.1) is 0 Å². The molecule has 8 nitrogen and oxygen atoms in total. The molecular formula is C31H38Cl2O8. The maximum Gasteiger partial charge on any atom is 0.338 e. The van der Waals surface area contributed by atoms with Crippen LogP contribution >= 0.6 is 23.2 Å². The van der Waals surface area contributed by atoms with Crippen LogP contribution in [0.1, 0.15) is 66.5 Å². The fourth-order valence-electron chi connectivity index (χ4n) is 3.90. The van der Waals surface area contributed by atoms with Gasteiger partial charge in [0.15, 0.2) is 23.0 Å². The molecule has 0 saturated heterocycles. The standard InChI is InChI=1S/C31H38Cl2O8/c1-11-36-21-15-19(25(38-13-3)23(32)27(21)40-29(34)17(5)6)31(9,10)20-16-22(37-12-2)28(41-30(35)18(7)8)24(33)26(20)39-14-4/h15-16H,5,7,11-14H2,1-4,6,8-10H3. The molecule has 0 heterocycles. The zero-order valence-corrected chi connectivity index (χ0v) is 26.4. The van der Waals surface area contributed by atoms with Crippen LogP contribution in [0.25, 0.3) is 0 Å². The topological polar surface area (TPSA) is 89.5 Å². The Morgan fingerprint density at radius 3 is 1.24 bits per heavy atom. The summed E-state index contributed by atoms with van der Waals surface area (Å²) in [5.74, 6) is -0.250. The van der Waals surface area contributed by atoms with E-state index in [9.17, 15) is 9.59 Å². The van der Waals surface area contributed by atoms with E-state index in [1.54, 1.807) is 26.0 Å². The van der Waals surface area contributed by atoms with Crippen molar-refractivity contribution in [2.75, 3.05) is 26.4 Å². The average molecular weight is 610 g/mol. The number of carbonyl (C=O) groups is 2. The third-order valence-corrected chi connectivity index (χ3v) is 6.58. The fourth-order valence-corrected chi connectivity index (χ4v) is 4.48. The first-order valence-corrected chi connectivity index (χ1v) is 14.0. The number of halogens is 2. The lowest BCUT2D eigenvalue weighted by Crippen LogP contribution is -2.23. The first kappa shape index (κ1) is 33.8. The zero-order valence-electron chi connectivity index (χ0n) is 24.9. The van der Waals surface area contributed by atoms with Gasteiger partial charge in [-0.25, -0.2) is 9.59 Å². The molecule has 2 aromatic rings. The van der Waals surface area contributed by atoms with Gasteiger partial charge in [0.25, 0.3) is 0 Å². The number of ether oxygens (including phenoxy) is 6. The van der Waals surface area contributed by atoms with E-state index in [0.717, 1.165) is 0 Å². The predicted octanol–water partition coefficient (Wildman–Crippen LogP) is 7.88. The largest absolute Gasteiger partial charge is 0.492 e. The number of benzene rings is 2. The van der Waals surface area contributed by atoms with E-state index in [-0.39, 0.29) is 82.1 Å². The van der Waals surface area contributed by atoms with Crippen molar-refractivity contribution in [1.29, 1.82) is 0 Å². The molecule has 0 radical (unpaired) electrons. The van der Waals surface area contributed by atoms with Crippen molar-refractivity contribution in [3.05, 3.63) is 57.6 Å². The minimum atomic E-state index is -0.923. The summed E-state index contributed by atoms with van der Waals surface area (Å²) in [5, 5.41) is 0.105. The summed E-state index contributed by atoms with van der Waals surface area (Å²) >= 11 is 13.7. The Bertz CT molecular complexity index is 1230. The minimum absolute atomic E-state index is 0.0182. The molecule has 0 unspecified atom stereocenters. The van der Waals surface area contributed by atoms with Gasteiger partial charge >= 0.3 is 11.9 Å². The molecule has 224 valence electrons. The Morgan fingerprint density at radius 1 is 0.659 bits per heavy atom. The molecule has 0 fully saturated rings. The van der Waals surface area contributed by atoms with Crippen LogP contribution < -0.4 is 28.4 Å². The summed E-state index contributed by atoms with van der Waals surface area (Å²) in [5.41, 5.74) is 0.645. The molecule has 0 atom stereocenters. The highest BCUT2D eigenvalue weighted by atomic mass is 35.5. The lowest BCUT2D eigenvalue weighted by atomic mass is 9.76. The number of esters is 2. The monoisotopic (exact) mass is 608 g/mol. The van der Waals surface area contributed by atoms with Gasteiger partial charge in [0.2, 0.25) is 0 Å². The smallest absolute Gasteiger partial charge is 0.338 e. The van der Waals surface area contributed by atoms with E-state index < -0.39 is 17.4 Å². The number of carbonyl (C=O) groups excluding carboxylic acids is 2. The molecule has 10 heteroatoms. The molecule has 2 aromatic carbocycles. The van der Waals surface area contributed by atoms with E-state index in [1.165, 1.54) is 13.8 Å². The Hall–Kier alpha value is -3.36. The summed E-state index contributed by atoms with van der Waals surface area (Å²) in [6.45, 7) is 22.5. The van der Waals surface area contributed by atoms with Gasteiger partial charge in [-0.05, 0) is 53.7 Å². The molecular weight excluding hydrogens is 571 g/mol. The molecule has 0 aliphatic rings. The highest BCUT2D eigenvalue weighted by Crippen LogP contribution is 2.54. The summed E-state index contributed by atoms with van der Waals surface area (Å²) in [7, 11) is 0. The number of hydrogen-bond acceptors (Lipinski definition) is 8. The summed E-state index contributed by atoms with van der Waals surface area (Å²) < 4.78 is 34.9. The molecule has 0 aliphatic carbocycles. The molecule has 0 bridgehead atoms. The van der Waals surface area contributed by atoms with Crippen LogP contribution in [-0.4, -0.2) is 38.4 Å². The van der Waals surface area contributed by atoms with Crippen molar-refractivity contribution in [2.45, 2.75) is 60.8 Å². The van der Waals surface area contributed by atoms with Crippen molar-refractivity contribution in [3.8, 4) is 34.5 Å². The van der Waals surface area contributed by atoms with Crippen molar-refractivity contribution >= 4 is 35.1 Å². The molecule has 0 saturated carbocycles. The third kappa shape index (κ3) is 7.49. The predicted molar refractivity (Wildman–Crippen MR) is 161 cm³/mol. The van der Waals surface area contributed by atoms with Gasteiger partial charge in [0.05, 0.1) is 26.4 Å².